The molecular formula is C22H13ClF7NO. The Balaban J connectivity index is 1.81. The van der Waals surface area contributed by atoms with Crippen LogP contribution in [0.3, 0.4) is 0 Å². The fourth-order valence-corrected chi connectivity index (χ4v) is 3.33. The van der Waals surface area contributed by atoms with Crippen molar-refractivity contribution in [3.8, 4) is 11.1 Å². The van der Waals surface area contributed by atoms with E-state index in [1.165, 1.54) is 6.07 Å². The molecule has 3 rings (SSSR count). The van der Waals surface area contributed by atoms with Crippen molar-refractivity contribution in [2.24, 2.45) is 0 Å². The number of carbonyl (C=O) groups is 1. The average molecular weight is 476 g/mol. The van der Waals surface area contributed by atoms with Crippen LogP contribution in [0.15, 0.2) is 60.7 Å². The molecule has 1 N–H and O–H groups in total. The molecule has 2 nitrogen and oxygen atoms in total. The molecule has 168 valence electrons. The van der Waals surface area contributed by atoms with E-state index in [9.17, 15) is 35.5 Å². The predicted octanol–water partition coefficient (Wildman–Crippen LogP) is 6.83. The van der Waals surface area contributed by atoms with Crippen molar-refractivity contribution in [1.82, 2.24) is 5.32 Å². The number of hydrogen-bond acceptors (Lipinski definition) is 1. The van der Waals surface area contributed by atoms with Gasteiger partial charge in [-0.3, -0.25) is 4.79 Å². The normalized spacial score (nSPS) is 12.0. The summed E-state index contributed by atoms with van der Waals surface area (Å²) in [5.41, 5.74) is -2.75. The molecule has 0 fully saturated rings. The van der Waals surface area contributed by atoms with Gasteiger partial charge in [0.1, 0.15) is 11.6 Å². The van der Waals surface area contributed by atoms with Gasteiger partial charge >= 0.3 is 6.18 Å². The minimum Gasteiger partial charge on any atom is -0.346 e. The van der Waals surface area contributed by atoms with Crippen LogP contribution in [0.5, 0.6) is 0 Å². The molecule has 10 heteroatoms. The van der Waals surface area contributed by atoms with Crippen molar-refractivity contribution in [1.29, 1.82) is 0 Å². The zero-order chi connectivity index (χ0) is 23.7. The van der Waals surface area contributed by atoms with E-state index in [1.807, 2.05) is 0 Å². The molecule has 0 saturated carbocycles. The lowest BCUT2D eigenvalue weighted by atomic mass is 10.0. The molecule has 3 aromatic carbocycles. The Morgan fingerprint density at radius 3 is 2.19 bits per heavy atom. The summed E-state index contributed by atoms with van der Waals surface area (Å²) in [6.45, 7) is -1.33. The maximum atomic E-state index is 14.6. The van der Waals surface area contributed by atoms with Crippen LogP contribution in [0.4, 0.5) is 30.7 Å². The van der Waals surface area contributed by atoms with Crippen molar-refractivity contribution in [2.45, 2.75) is 12.1 Å². The molecule has 0 atom stereocenters. The van der Waals surface area contributed by atoms with Gasteiger partial charge in [0.15, 0.2) is 0 Å². The summed E-state index contributed by atoms with van der Waals surface area (Å²) in [4.78, 5) is 12.1. The third-order valence-electron chi connectivity index (χ3n) is 4.55. The van der Waals surface area contributed by atoms with E-state index in [0.717, 1.165) is 42.5 Å². The van der Waals surface area contributed by atoms with E-state index in [4.69, 9.17) is 11.6 Å². The van der Waals surface area contributed by atoms with Crippen molar-refractivity contribution >= 4 is 17.5 Å². The minimum atomic E-state index is -4.84. The highest BCUT2D eigenvalue weighted by atomic mass is 35.5. The lowest BCUT2D eigenvalue weighted by molar-refractivity contribution is -0.137. The van der Waals surface area contributed by atoms with Gasteiger partial charge in [0.2, 0.25) is 0 Å². The van der Waals surface area contributed by atoms with Crippen molar-refractivity contribution in [3.63, 3.8) is 0 Å². The molecule has 0 unspecified atom stereocenters. The fourth-order valence-electron chi connectivity index (χ4n) is 3.01. The first kappa shape index (κ1) is 23.6. The SMILES string of the molecule is O=C(NCC(F)(F)c1ccc(-c2ccc(F)cc2F)cc1Cl)c1ccccc1C(F)(F)F. The molecule has 0 spiro atoms. The van der Waals surface area contributed by atoms with E-state index in [-0.39, 0.29) is 11.1 Å². The number of halogens is 8. The summed E-state index contributed by atoms with van der Waals surface area (Å²) in [6.07, 6.45) is -4.84. The standard InChI is InChI=1S/C22H13ClF7NO/c23-18-9-12(14-7-6-13(24)10-19(14)25)5-8-17(18)21(26,27)11-31-20(32)15-3-1-2-4-16(15)22(28,29)30/h1-10H,11H2,(H,31,32). The highest BCUT2D eigenvalue weighted by molar-refractivity contribution is 6.31. The van der Waals surface area contributed by atoms with Crippen LogP contribution in [-0.4, -0.2) is 12.5 Å². The second-order valence-corrected chi connectivity index (χ2v) is 7.16. The summed E-state index contributed by atoms with van der Waals surface area (Å²) in [5.74, 6) is -6.82. The first-order valence-electron chi connectivity index (χ1n) is 8.98. The van der Waals surface area contributed by atoms with Crippen LogP contribution in [-0.2, 0) is 12.1 Å². The quantitative estimate of drug-likeness (QED) is 0.403. The molecule has 1 amide bonds. The summed E-state index contributed by atoms with van der Waals surface area (Å²) in [6, 6.07) is 9.58. The van der Waals surface area contributed by atoms with Crippen LogP contribution in [0.1, 0.15) is 21.5 Å². The Kier molecular flexibility index (Phi) is 6.50. The highest BCUT2D eigenvalue weighted by Crippen LogP contribution is 2.37. The molecule has 3 aromatic rings. The van der Waals surface area contributed by atoms with Gasteiger partial charge in [0, 0.05) is 17.2 Å². The minimum absolute atomic E-state index is 0.0692. The Labute approximate surface area is 182 Å². The molecule has 0 aliphatic rings. The molecular weight excluding hydrogens is 463 g/mol. The number of alkyl halides is 5. The van der Waals surface area contributed by atoms with Gasteiger partial charge in [-0.1, -0.05) is 35.9 Å². The van der Waals surface area contributed by atoms with Crippen LogP contribution < -0.4 is 5.32 Å². The highest BCUT2D eigenvalue weighted by Gasteiger charge is 2.37. The van der Waals surface area contributed by atoms with Crippen molar-refractivity contribution < 1.29 is 35.5 Å². The van der Waals surface area contributed by atoms with Crippen LogP contribution in [0.25, 0.3) is 11.1 Å². The van der Waals surface area contributed by atoms with Gasteiger partial charge in [-0.05, 0) is 35.9 Å². The lowest BCUT2D eigenvalue weighted by Gasteiger charge is -2.20. The maximum Gasteiger partial charge on any atom is 0.417 e. The number of benzene rings is 3. The molecule has 0 saturated heterocycles. The van der Waals surface area contributed by atoms with Crippen LogP contribution >= 0.6 is 11.6 Å². The zero-order valence-electron chi connectivity index (χ0n) is 15.9. The van der Waals surface area contributed by atoms with Gasteiger partial charge in [-0.25, -0.2) is 8.78 Å². The second-order valence-electron chi connectivity index (χ2n) is 6.75. The van der Waals surface area contributed by atoms with Crippen molar-refractivity contribution in [3.05, 3.63) is 94.0 Å². The first-order valence-corrected chi connectivity index (χ1v) is 9.35. The number of carbonyl (C=O) groups excluding carboxylic acids is 1. The van der Waals surface area contributed by atoms with Gasteiger partial charge in [-0.15, -0.1) is 0 Å². The Hall–Kier alpha value is -3.07. The van der Waals surface area contributed by atoms with Crippen LogP contribution in [0.2, 0.25) is 5.02 Å². The molecule has 0 bridgehead atoms. The number of hydrogen-bond donors (Lipinski definition) is 1. The van der Waals surface area contributed by atoms with Gasteiger partial charge < -0.3 is 5.32 Å². The number of rotatable bonds is 5. The van der Waals surface area contributed by atoms with Gasteiger partial charge in [-0.2, -0.15) is 22.0 Å². The first-order chi connectivity index (χ1) is 14.9. The smallest absolute Gasteiger partial charge is 0.346 e. The molecule has 32 heavy (non-hydrogen) atoms. The van der Waals surface area contributed by atoms with E-state index < -0.39 is 57.9 Å². The molecule has 0 aromatic heterocycles. The van der Waals surface area contributed by atoms with E-state index in [0.29, 0.717) is 12.1 Å². The summed E-state index contributed by atoms with van der Waals surface area (Å²) >= 11 is 5.93. The van der Waals surface area contributed by atoms with Crippen LogP contribution in [0, 0.1) is 11.6 Å². The van der Waals surface area contributed by atoms with E-state index in [2.05, 4.69) is 0 Å². The predicted molar refractivity (Wildman–Crippen MR) is 104 cm³/mol. The van der Waals surface area contributed by atoms with Gasteiger partial charge in [0.25, 0.3) is 11.8 Å². The largest absolute Gasteiger partial charge is 0.417 e. The maximum absolute atomic E-state index is 14.6. The van der Waals surface area contributed by atoms with Crippen molar-refractivity contribution in [2.75, 3.05) is 6.54 Å². The molecule has 0 aliphatic carbocycles. The summed E-state index contributed by atoms with van der Waals surface area (Å²) in [5, 5.41) is 1.32. The summed E-state index contributed by atoms with van der Waals surface area (Å²) in [7, 11) is 0. The molecule has 0 heterocycles. The van der Waals surface area contributed by atoms with E-state index >= 15 is 0 Å². The van der Waals surface area contributed by atoms with E-state index in [1.54, 1.807) is 5.32 Å². The monoisotopic (exact) mass is 475 g/mol. The molecule has 0 aliphatic heterocycles. The molecule has 0 radical (unpaired) electrons. The van der Waals surface area contributed by atoms with Gasteiger partial charge in [0.05, 0.1) is 22.7 Å². The Bertz CT molecular complexity index is 1160. The average Bonchev–Trinajstić information content (AvgIpc) is 2.71. The number of nitrogens with one attached hydrogen (secondary N) is 1. The fraction of sp³-hybridized carbons (Fsp3) is 0.136. The Morgan fingerprint density at radius 1 is 0.875 bits per heavy atom. The third kappa shape index (κ3) is 5.04. The third-order valence-corrected chi connectivity index (χ3v) is 4.87. The summed E-state index contributed by atoms with van der Waals surface area (Å²) < 4.78 is 95.4. The number of amides is 1. The topological polar surface area (TPSA) is 29.1 Å². The zero-order valence-corrected chi connectivity index (χ0v) is 16.7. The Morgan fingerprint density at radius 2 is 1.56 bits per heavy atom. The lowest BCUT2D eigenvalue weighted by Crippen LogP contribution is -2.36. The second kappa shape index (κ2) is 8.82.